The van der Waals surface area contributed by atoms with Gasteiger partial charge in [-0.05, 0) is 44.2 Å². The van der Waals surface area contributed by atoms with Crippen molar-refractivity contribution in [2.75, 3.05) is 13.1 Å². The average Bonchev–Trinajstić information content (AvgIpc) is 2.41. The normalized spacial score (nSPS) is 11.4. The molecule has 0 rings (SSSR count). The van der Waals surface area contributed by atoms with Gasteiger partial charge in [0.05, 0.1) is 0 Å². The van der Waals surface area contributed by atoms with Gasteiger partial charge in [-0.2, -0.15) is 0 Å². The van der Waals surface area contributed by atoms with Crippen LogP contribution < -0.4 is 11.1 Å². The van der Waals surface area contributed by atoms with Crippen LogP contribution >= 0.6 is 0 Å². The maximum Gasteiger partial charge on any atom is 0.326 e. The SMILES string of the molecule is [N-]=[N+]=NCCCCCC(=O)N[C@@H](CCCCN)C(=O)O. The molecule has 4 N–H and O–H groups in total. The number of carboxylic acids is 1. The standard InChI is InChI=1S/C12H23N5O3/c13-8-4-3-6-10(12(19)20)16-11(18)7-2-1-5-9-15-17-14/h10H,1-9,13H2,(H,16,18)(H,19,20)/t10-/m0/s1. The molecule has 0 unspecified atom stereocenters. The molecule has 1 atom stereocenters. The summed E-state index contributed by atoms with van der Waals surface area (Å²) in [5.41, 5.74) is 13.4. The van der Waals surface area contributed by atoms with E-state index in [9.17, 15) is 9.59 Å². The van der Waals surface area contributed by atoms with E-state index in [0.717, 1.165) is 19.3 Å². The zero-order valence-corrected chi connectivity index (χ0v) is 11.6. The molecule has 20 heavy (non-hydrogen) atoms. The summed E-state index contributed by atoms with van der Waals surface area (Å²) in [5.74, 6) is -1.27. The molecule has 0 spiro atoms. The third kappa shape index (κ3) is 10.2. The number of carbonyl (C=O) groups excluding carboxylic acids is 1. The van der Waals surface area contributed by atoms with Crippen LogP contribution in [0.2, 0.25) is 0 Å². The molecule has 0 radical (unpaired) electrons. The largest absolute Gasteiger partial charge is 0.480 e. The van der Waals surface area contributed by atoms with Gasteiger partial charge in [-0.25, -0.2) is 4.79 Å². The van der Waals surface area contributed by atoms with Gasteiger partial charge in [0.15, 0.2) is 0 Å². The van der Waals surface area contributed by atoms with Crippen LogP contribution in [0.3, 0.4) is 0 Å². The first-order valence-electron chi connectivity index (χ1n) is 6.85. The van der Waals surface area contributed by atoms with Crippen LogP contribution in [0.4, 0.5) is 0 Å². The number of nitrogens with two attached hydrogens (primary N) is 1. The van der Waals surface area contributed by atoms with Gasteiger partial charge in [0.1, 0.15) is 6.04 Å². The maximum absolute atomic E-state index is 11.6. The summed E-state index contributed by atoms with van der Waals surface area (Å²) in [4.78, 5) is 25.2. The highest BCUT2D eigenvalue weighted by atomic mass is 16.4. The summed E-state index contributed by atoms with van der Waals surface area (Å²) in [7, 11) is 0. The Bertz CT molecular complexity index is 342. The lowest BCUT2D eigenvalue weighted by Crippen LogP contribution is -2.40. The second kappa shape index (κ2) is 12.3. The first-order chi connectivity index (χ1) is 9.61. The quantitative estimate of drug-likeness (QED) is 0.216. The molecule has 8 nitrogen and oxygen atoms in total. The minimum absolute atomic E-state index is 0.256. The fraction of sp³-hybridized carbons (Fsp3) is 0.833. The van der Waals surface area contributed by atoms with E-state index in [2.05, 4.69) is 15.3 Å². The first-order valence-corrected chi connectivity index (χ1v) is 6.85. The van der Waals surface area contributed by atoms with E-state index in [-0.39, 0.29) is 12.3 Å². The molecule has 0 heterocycles. The molecule has 0 saturated carbocycles. The van der Waals surface area contributed by atoms with Crippen molar-refractivity contribution in [3.8, 4) is 0 Å². The van der Waals surface area contributed by atoms with Gasteiger partial charge in [-0.1, -0.05) is 11.5 Å². The van der Waals surface area contributed by atoms with Crippen LogP contribution in [0.5, 0.6) is 0 Å². The Morgan fingerprint density at radius 1 is 1.25 bits per heavy atom. The number of carbonyl (C=O) groups is 2. The van der Waals surface area contributed by atoms with Crippen LogP contribution in [0.25, 0.3) is 10.4 Å². The van der Waals surface area contributed by atoms with Crippen molar-refractivity contribution < 1.29 is 14.7 Å². The molecule has 114 valence electrons. The van der Waals surface area contributed by atoms with E-state index >= 15 is 0 Å². The number of nitrogens with zero attached hydrogens (tertiary/aromatic N) is 3. The Hall–Kier alpha value is -1.79. The number of unbranched alkanes of at least 4 members (excludes halogenated alkanes) is 3. The summed E-state index contributed by atoms with van der Waals surface area (Å²) in [6, 6.07) is -0.836. The molecule has 0 aliphatic carbocycles. The lowest BCUT2D eigenvalue weighted by Gasteiger charge is -2.14. The third-order valence-corrected chi connectivity index (χ3v) is 2.81. The Morgan fingerprint density at radius 2 is 2.00 bits per heavy atom. The van der Waals surface area contributed by atoms with Crippen LogP contribution in [0.1, 0.15) is 44.9 Å². The van der Waals surface area contributed by atoms with Gasteiger partial charge in [0.2, 0.25) is 5.91 Å². The fourth-order valence-electron chi connectivity index (χ4n) is 1.71. The number of aliphatic carboxylic acids is 1. The van der Waals surface area contributed by atoms with Crippen molar-refractivity contribution in [3.05, 3.63) is 10.4 Å². The minimum Gasteiger partial charge on any atom is -0.480 e. The number of amides is 1. The van der Waals surface area contributed by atoms with E-state index in [1.54, 1.807) is 0 Å². The Labute approximate surface area is 118 Å². The lowest BCUT2D eigenvalue weighted by atomic mass is 10.1. The smallest absolute Gasteiger partial charge is 0.326 e. The van der Waals surface area contributed by atoms with Crippen molar-refractivity contribution in [2.45, 2.75) is 51.0 Å². The van der Waals surface area contributed by atoms with Crippen molar-refractivity contribution in [1.82, 2.24) is 5.32 Å². The van der Waals surface area contributed by atoms with Crippen LogP contribution in [-0.4, -0.2) is 36.1 Å². The van der Waals surface area contributed by atoms with Crippen molar-refractivity contribution >= 4 is 11.9 Å². The number of hydrogen-bond donors (Lipinski definition) is 3. The van der Waals surface area contributed by atoms with Gasteiger partial charge in [-0.3, -0.25) is 4.79 Å². The number of hydrogen-bond acceptors (Lipinski definition) is 4. The number of carboxylic acid groups (broad SMARTS) is 1. The number of rotatable bonds is 12. The predicted molar refractivity (Wildman–Crippen MR) is 75.0 cm³/mol. The van der Waals surface area contributed by atoms with Crippen LogP contribution in [-0.2, 0) is 9.59 Å². The summed E-state index contributed by atoms with van der Waals surface area (Å²) in [6.45, 7) is 0.945. The van der Waals surface area contributed by atoms with E-state index in [4.69, 9.17) is 16.4 Å². The predicted octanol–water partition coefficient (Wildman–Crippen LogP) is 1.56. The topological polar surface area (TPSA) is 141 Å². The molecule has 0 aromatic rings. The summed E-state index contributed by atoms with van der Waals surface area (Å²) >= 11 is 0. The molecule has 0 aromatic heterocycles. The Morgan fingerprint density at radius 3 is 2.60 bits per heavy atom. The summed E-state index contributed by atoms with van der Waals surface area (Å²) in [6.07, 6.45) is 4.28. The molecule has 0 aliphatic heterocycles. The average molecular weight is 285 g/mol. The van der Waals surface area contributed by atoms with Gasteiger partial charge >= 0.3 is 5.97 Å². The Kier molecular flexibility index (Phi) is 11.2. The van der Waals surface area contributed by atoms with E-state index in [1.165, 1.54) is 0 Å². The summed E-state index contributed by atoms with van der Waals surface area (Å²) in [5, 5.41) is 14.9. The molecule has 0 saturated heterocycles. The van der Waals surface area contributed by atoms with Gasteiger partial charge < -0.3 is 16.2 Å². The van der Waals surface area contributed by atoms with E-state index < -0.39 is 12.0 Å². The highest BCUT2D eigenvalue weighted by Gasteiger charge is 2.18. The number of azide groups is 1. The highest BCUT2D eigenvalue weighted by molar-refractivity contribution is 5.83. The third-order valence-electron chi connectivity index (χ3n) is 2.81. The van der Waals surface area contributed by atoms with Crippen molar-refractivity contribution in [3.63, 3.8) is 0 Å². The van der Waals surface area contributed by atoms with Gasteiger partial charge in [0.25, 0.3) is 0 Å². The minimum atomic E-state index is -1.02. The van der Waals surface area contributed by atoms with Crippen LogP contribution in [0.15, 0.2) is 5.11 Å². The zero-order chi connectivity index (χ0) is 15.2. The number of nitrogens with one attached hydrogen (secondary N) is 1. The van der Waals surface area contributed by atoms with Crippen molar-refractivity contribution in [1.29, 1.82) is 0 Å². The second-order valence-corrected chi connectivity index (χ2v) is 4.51. The molecule has 0 bridgehead atoms. The zero-order valence-electron chi connectivity index (χ0n) is 11.6. The summed E-state index contributed by atoms with van der Waals surface area (Å²) < 4.78 is 0. The molecular formula is C12H23N5O3. The molecule has 0 aromatic carbocycles. The maximum atomic E-state index is 11.6. The fourth-order valence-corrected chi connectivity index (χ4v) is 1.71. The molecule has 1 amide bonds. The van der Waals surface area contributed by atoms with Crippen LogP contribution in [0, 0.1) is 0 Å². The van der Waals surface area contributed by atoms with Gasteiger partial charge in [0, 0.05) is 17.9 Å². The molecule has 0 fully saturated rings. The van der Waals surface area contributed by atoms with Gasteiger partial charge in [-0.15, -0.1) is 0 Å². The van der Waals surface area contributed by atoms with E-state index in [0.29, 0.717) is 32.4 Å². The van der Waals surface area contributed by atoms with Crippen molar-refractivity contribution in [2.24, 2.45) is 10.8 Å². The molecule has 0 aliphatic rings. The Balaban J connectivity index is 3.83. The second-order valence-electron chi connectivity index (χ2n) is 4.51. The highest BCUT2D eigenvalue weighted by Crippen LogP contribution is 2.04. The molecule has 8 heteroatoms. The molecular weight excluding hydrogens is 262 g/mol. The first kappa shape index (κ1) is 18.2. The lowest BCUT2D eigenvalue weighted by molar-refractivity contribution is -0.142. The van der Waals surface area contributed by atoms with E-state index in [1.807, 2.05) is 0 Å². The monoisotopic (exact) mass is 285 g/mol.